The Morgan fingerprint density at radius 2 is 1.91 bits per heavy atom. The summed E-state index contributed by atoms with van der Waals surface area (Å²) in [5, 5.41) is 1.79. The van der Waals surface area contributed by atoms with Crippen LogP contribution in [0.1, 0.15) is 24.0 Å². The fraction of sp³-hybridized carbons (Fsp3) is 0.412. The minimum atomic E-state index is -3.35. The zero-order valence-electron chi connectivity index (χ0n) is 13.2. The number of rotatable bonds is 5. The summed E-state index contributed by atoms with van der Waals surface area (Å²) in [6.07, 6.45) is 1.72. The molecule has 0 aliphatic carbocycles. The predicted octanol–water partition coefficient (Wildman–Crippen LogP) is 3.00. The Morgan fingerprint density at radius 3 is 2.57 bits per heavy atom. The standard InChI is InChI=1S/C17H22N2O2S2/c1-14-5-2-3-6-15(14)13-19-10-8-16(9-11-19)18-23(20,21)17-7-4-12-22-17/h2-7,12,16,18H,8-11,13H2,1H3. The molecule has 1 aromatic heterocycles. The average molecular weight is 351 g/mol. The topological polar surface area (TPSA) is 49.4 Å². The quantitative estimate of drug-likeness (QED) is 0.902. The smallest absolute Gasteiger partial charge is 0.250 e. The number of benzene rings is 1. The Balaban J connectivity index is 1.54. The maximum atomic E-state index is 12.3. The van der Waals surface area contributed by atoms with Crippen molar-refractivity contribution in [2.24, 2.45) is 0 Å². The summed E-state index contributed by atoms with van der Waals surface area (Å²) in [4.78, 5) is 2.40. The molecule has 1 N–H and O–H groups in total. The molecule has 0 radical (unpaired) electrons. The molecule has 0 spiro atoms. The summed E-state index contributed by atoms with van der Waals surface area (Å²) in [5.41, 5.74) is 2.66. The number of hydrogen-bond acceptors (Lipinski definition) is 4. The Bertz CT molecular complexity index is 734. The molecular formula is C17H22N2O2S2. The van der Waals surface area contributed by atoms with Crippen LogP contribution in [0.2, 0.25) is 0 Å². The van der Waals surface area contributed by atoms with Crippen LogP contribution in [0.4, 0.5) is 0 Å². The Morgan fingerprint density at radius 1 is 1.17 bits per heavy atom. The number of hydrogen-bond donors (Lipinski definition) is 1. The summed E-state index contributed by atoms with van der Waals surface area (Å²) >= 11 is 1.26. The highest BCUT2D eigenvalue weighted by Crippen LogP contribution is 2.20. The van der Waals surface area contributed by atoms with E-state index in [0.717, 1.165) is 32.5 Å². The molecule has 1 saturated heterocycles. The first kappa shape index (κ1) is 16.6. The van der Waals surface area contributed by atoms with Gasteiger partial charge in [-0.1, -0.05) is 30.3 Å². The van der Waals surface area contributed by atoms with Gasteiger partial charge in [-0.3, -0.25) is 4.90 Å². The van der Waals surface area contributed by atoms with E-state index in [1.807, 2.05) is 0 Å². The van der Waals surface area contributed by atoms with Gasteiger partial charge in [0.15, 0.2) is 0 Å². The van der Waals surface area contributed by atoms with Crippen LogP contribution in [0.25, 0.3) is 0 Å². The van der Waals surface area contributed by atoms with Gasteiger partial charge in [0.1, 0.15) is 4.21 Å². The highest BCUT2D eigenvalue weighted by molar-refractivity contribution is 7.91. The zero-order chi connectivity index (χ0) is 16.3. The Labute approximate surface area is 142 Å². The van der Waals surface area contributed by atoms with Gasteiger partial charge in [-0.2, -0.15) is 0 Å². The summed E-state index contributed by atoms with van der Waals surface area (Å²) in [5.74, 6) is 0. The van der Waals surface area contributed by atoms with Crippen molar-refractivity contribution in [1.82, 2.24) is 9.62 Å². The second kappa shape index (κ2) is 7.13. The van der Waals surface area contributed by atoms with Crippen molar-refractivity contribution in [1.29, 1.82) is 0 Å². The van der Waals surface area contributed by atoms with Crippen molar-refractivity contribution in [2.45, 2.75) is 36.6 Å². The summed E-state index contributed by atoms with van der Waals surface area (Å²) in [7, 11) is -3.35. The first-order chi connectivity index (χ1) is 11.0. The van der Waals surface area contributed by atoms with Crippen molar-refractivity contribution in [3.63, 3.8) is 0 Å². The van der Waals surface area contributed by atoms with Gasteiger partial charge in [-0.25, -0.2) is 13.1 Å². The molecular weight excluding hydrogens is 328 g/mol. The van der Waals surface area contributed by atoms with E-state index in [1.165, 1.54) is 22.5 Å². The maximum absolute atomic E-state index is 12.3. The number of thiophene rings is 1. The summed E-state index contributed by atoms with van der Waals surface area (Å²) in [6.45, 7) is 4.92. The molecule has 1 aromatic carbocycles. The number of piperidine rings is 1. The zero-order valence-corrected chi connectivity index (χ0v) is 14.9. The third-order valence-corrected chi connectivity index (χ3v) is 7.24. The molecule has 2 heterocycles. The van der Waals surface area contributed by atoms with Crippen molar-refractivity contribution in [2.75, 3.05) is 13.1 Å². The summed E-state index contributed by atoms with van der Waals surface area (Å²) in [6, 6.07) is 11.9. The van der Waals surface area contributed by atoms with Crippen LogP contribution >= 0.6 is 11.3 Å². The number of nitrogens with one attached hydrogen (secondary N) is 1. The second-order valence-electron chi connectivity index (χ2n) is 6.03. The minimum absolute atomic E-state index is 0.0372. The lowest BCUT2D eigenvalue weighted by molar-refractivity contribution is 0.199. The minimum Gasteiger partial charge on any atom is -0.299 e. The molecule has 6 heteroatoms. The lowest BCUT2D eigenvalue weighted by Crippen LogP contribution is -2.44. The number of sulfonamides is 1. The van der Waals surface area contributed by atoms with E-state index in [9.17, 15) is 8.42 Å². The monoisotopic (exact) mass is 350 g/mol. The molecule has 0 bridgehead atoms. The van der Waals surface area contributed by atoms with E-state index in [2.05, 4.69) is 40.8 Å². The van der Waals surface area contributed by atoms with Crippen molar-refractivity contribution < 1.29 is 8.42 Å². The predicted molar refractivity (Wildman–Crippen MR) is 94.1 cm³/mol. The molecule has 0 saturated carbocycles. The second-order valence-corrected chi connectivity index (χ2v) is 8.92. The fourth-order valence-electron chi connectivity index (χ4n) is 2.93. The SMILES string of the molecule is Cc1ccccc1CN1CCC(NS(=O)(=O)c2cccs2)CC1. The van der Waals surface area contributed by atoms with E-state index >= 15 is 0 Å². The number of likely N-dealkylation sites (tertiary alicyclic amines) is 1. The molecule has 23 heavy (non-hydrogen) atoms. The van der Waals surface area contributed by atoms with Gasteiger partial charge in [-0.05, 0) is 42.3 Å². The molecule has 4 nitrogen and oxygen atoms in total. The molecule has 2 aromatic rings. The fourth-order valence-corrected chi connectivity index (χ4v) is 5.25. The first-order valence-corrected chi connectivity index (χ1v) is 10.2. The van der Waals surface area contributed by atoms with E-state index in [1.54, 1.807) is 17.5 Å². The highest BCUT2D eigenvalue weighted by atomic mass is 32.2. The van der Waals surface area contributed by atoms with Gasteiger partial charge in [0.05, 0.1) is 0 Å². The summed E-state index contributed by atoms with van der Waals surface area (Å²) < 4.78 is 27.8. The van der Waals surface area contributed by atoms with Crippen LogP contribution in [0, 0.1) is 6.92 Å². The number of nitrogens with zero attached hydrogens (tertiary/aromatic N) is 1. The van der Waals surface area contributed by atoms with E-state index in [0.29, 0.717) is 4.21 Å². The van der Waals surface area contributed by atoms with Crippen LogP contribution in [0.15, 0.2) is 46.0 Å². The third kappa shape index (κ3) is 4.20. The van der Waals surface area contributed by atoms with Crippen molar-refractivity contribution >= 4 is 21.4 Å². The molecule has 1 fully saturated rings. The van der Waals surface area contributed by atoms with Gasteiger partial charge in [0.25, 0.3) is 0 Å². The molecule has 124 valence electrons. The molecule has 0 amide bonds. The van der Waals surface area contributed by atoms with Gasteiger partial charge in [0.2, 0.25) is 10.0 Å². The van der Waals surface area contributed by atoms with Gasteiger partial charge in [-0.15, -0.1) is 11.3 Å². The Hall–Kier alpha value is -1.21. The van der Waals surface area contributed by atoms with Crippen molar-refractivity contribution in [3.8, 4) is 0 Å². The first-order valence-electron chi connectivity index (χ1n) is 7.87. The normalized spacial score (nSPS) is 17.4. The average Bonchev–Trinajstić information content (AvgIpc) is 3.06. The van der Waals surface area contributed by atoms with E-state index in [-0.39, 0.29) is 6.04 Å². The third-order valence-electron chi connectivity index (χ3n) is 4.32. The highest BCUT2D eigenvalue weighted by Gasteiger charge is 2.25. The molecule has 1 aliphatic heterocycles. The Kier molecular flexibility index (Phi) is 5.16. The van der Waals surface area contributed by atoms with E-state index in [4.69, 9.17) is 0 Å². The lowest BCUT2D eigenvalue weighted by atomic mass is 10.0. The molecule has 0 unspecified atom stereocenters. The van der Waals surface area contributed by atoms with Crippen LogP contribution < -0.4 is 4.72 Å². The van der Waals surface area contributed by atoms with Crippen molar-refractivity contribution in [3.05, 3.63) is 52.9 Å². The van der Waals surface area contributed by atoms with Crippen LogP contribution in [-0.2, 0) is 16.6 Å². The van der Waals surface area contributed by atoms with Gasteiger partial charge < -0.3 is 0 Å². The van der Waals surface area contributed by atoms with Gasteiger partial charge >= 0.3 is 0 Å². The molecule has 3 rings (SSSR count). The largest absolute Gasteiger partial charge is 0.299 e. The maximum Gasteiger partial charge on any atom is 0.250 e. The van der Waals surface area contributed by atoms with Crippen LogP contribution in [0.5, 0.6) is 0 Å². The molecule has 1 aliphatic rings. The van der Waals surface area contributed by atoms with Crippen LogP contribution in [0.3, 0.4) is 0 Å². The van der Waals surface area contributed by atoms with Gasteiger partial charge in [0, 0.05) is 25.7 Å². The number of aryl methyl sites for hydroxylation is 1. The van der Waals surface area contributed by atoms with E-state index < -0.39 is 10.0 Å². The van der Waals surface area contributed by atoms with Crippen LogP contribution in [-0.4, -0.2) is 32.4 Å². The lowest BCUT2D eigenvalue weighted by Gasteiger charge is -2.32. The molecule has 0 atom stereocenters.